The molecule has 1 saturated carbocycles. The number of ether oxygens (including phenoxy) is 2. The zero-order valence-electron chi connectivity index (χ0n) is 11.6. The van der Waals surface area contributed by atoms with Gasteiger partial charge in [0.1, 0.15) is 0 Å². The van der Waals surface area contributed by atoms with E-state index in [1.807, 2.05) is 0 Å². The summed E-state index contributed by atoms with van der Waals surface area (Å²) >= 11 is 0. The van der Waals surface area contributed by atoms with Crippen molar-refractivity contribution >= 4 is 0 Å². The summed E-state index contributed by atoms with van der Waals surface area (Å²) in [5, 5.41) is 0. The zero-order valence-corrected chi connectivity index (χ0v) is 11.6. The summed E-state index contributed by atoms with van der Waals surface area (Å²) in [5.74, 6) is 0. The molecule has 1 saturated heterocycles. The van der Waals surface area contributed by atoms with E-state index in [2.05, 4.69) is 4.90 Å². The zero-order chi connectivity index (χ0) is 12.8. The standard InChI is InChI=1S/C14H28N2O2/c1-17-10-11-18-14-4-2-13(3-5-14)16-8-6-12(15)7-9-16/h12-14H,2-11,15H2,1H3/t13-,14-. The Morgan fingerprint density at radius 1 is 1.00 bits per heavy atom. The van der Waals surface area contributed by atoms with Gasteiger partial charge in [-0.15, -0.1) is 0 Å². The van der Waals surface area contributed by atoms with Gasteiger partial charge >= 0.3 is 0 Å². The Kier molecular flexibility index (Phi) is 5.89. The first kappa shape index (κ1) is 14.3. The first-order valence-electron chi connectivity index (χ1n) is 7.39. The maximum atomic E-state index is 5.96. The number of nitrogens with two attached hydrogens (primary N) is 1. The summed E-state index contributed by atoms with van der Waals surface area (Å²) in [6.07, 6.45) is 7.78. The molecule has 106 valence electrons. The second-order valence-electron chi connectivity index (χ2n) is 5.67. The van der Waals surface area contributed by atoms with E-state index < -0.39 is 0 Å². The van der Waals surface area contributed by atoms with Crippen LogP contribution >= 0.6 is 0 Å². The van der Waals surface area contributed by atoms with Crippen molar-refractivity contribution in [2.24, 2.45) is 5.73 Å². The third kappa shape index (κ3) is 4.19. The van der Waals surface area contributed by atoms with Crippen LogP contribution in [0.4, 0.5) is 0 Å². The van der Waals surface area contributed by atoms with E-state index in [-0.39, 0.29) is 0 Å². The normalized spacial score (nSPS) is 31.7. The summed E-state index contributed by atoms with van der Waals surface area (Å²) in [4.78, 5) is 2.65. The molecule has 4 nitrogen and oxygen atoms in total. The van der Waals surface area contributed by atoms with Gasteiger partial charge in [-0.05, 0) is 51.6 Å². The van der Waals surface area contributed by atoms with Crippen molar-refractivity contribution in [1.29, 1.82) is 0 Å². The molecule has 1 aliphatic carbocycles. The molecule has 0 spiro atoms. The van der Waals surface area contributed by atoms with Gasteiger partial charge in [0.2, 0.25) is 0 Å². The second kappa shape index (κ2) is 7.43. The van der Waals surface area contributed by atoms with Crippen molar-refractivity contribution in [3.8, 4) is 0 Å². The molecule has 2 aliphatic rings. The predicted octanol–water partition coefficient (Wildman–Crippen LogP) is 1.38. The van der Waals surface area contributed by atoms with Crippen LogP contribution in [0.25, 0.3) is 0 Å². The van der Waals surface area contributed by atoms with E-state index >= 15 is 0 Å². The summed E-state index contributed by atoms with van der Waals surface area (Å²) in [7, 11) is 1.72. The summed E-state index contributed by atoms with van der Waals surface area (Å²) in [6.45, 7) is 3.84. The summed E-state index contributed by atoms with van der Waals surface area (Å²) in [5.41, 5.74) is 5.96. The molecule has 0 aromatic carbocycles. The van der Waals surface area contributed by atoms with Crippen molar-refractivity contribution < 1.29 is 9.47 Å². The van der Waals surface area contributed by atoms with Gasteiger partial charge in [-0.25, -0.2) is 0 Å². The molecule has 0 unspecified atom stereocenters. The van der Waals surface area contributed by atoms with Crippen LogP contribution in [0.1, 0.15) is 38.5 Å². The SMILES string of the molecule is COCCO[C@H]1CC[C@H](N2CCC(N)CC2)CC1. The van der Waals surface area contributed by atoms with Crippen LogP contribution < -0.4 is 5.73 Å². The monoisotopic (exact) mass is 256 g/mol. The van der Waals surface area contributed by atoms with Crippen LogP contribution in [0.15, 0.2) is 0 Å². The van der Waals surface area contributed by atoms with Crippen molar-refractivity contribution in [3.05, 3.63) is 0 Å². The van der Waals surface area contributed by atoms with Crippen LogP contribution in [-0.2, 0) is 9.47 Å². The van der Waals surface area contributed by atoms with E-state index in [1.165, 1.54) is 51.6 Å². The molecular formula is C14H28N2O2. The minimum atomic E-state index is 0.440. The molecule has 1 heterocycles. The Hall–Kier alpha value is -0.160. The molecule has 0 bridgehead atoms. The summed E-state index contributed by atoms with van der Waals surface area (Å²) in [6, 6.07) is 1.22. The molecule has 2 fully saturated rings. The van der Waals surface area contributed by atoms with Gasteiger partial charge in [-0.2, -0.15) is 0 Å². The van der Waals surface area contributed by atoms with Crippen LogP contribution in [0.2, 0.25) is 0 Å². The second-order valence-corrected chi connectivity index (χ2v) is 5.67. The van der Waals surface area contributed by atoms with Crippen molar-refractivity contribution in [3.63, 3.8) is 0 Å². The largest absolute Gasteiger partial charge is 0.382 e. The lowest BCUT2D eigenvalue weighted by atomic mass is 9.90. The minimum Gasteiger partial charge on any atom is -0.382 e. The van der Waals surface area contributed by atoms with Crippen LogP contribution in [0.5, 0.6) is 0 Å². The highest BCUT2D eigenvalue weighted by Crippen LogP contribution is 2.26. The summed E-state index contributed by atoms with van der Waals surface area (Å²) < 4.78 is 10.8. The highest BCUT2D eigenvalue weighted by atomic mass is 16.5. The number of nitrogens with zero attached hydrogens (tertiary/aromatic N) is 1. The number of methoxy groups -OCH3 is 1. The van der Waals surface area contributed by atoms with Gasteiger partial charge in [0.15, 0.2) is 0 Å². The molecule has 0 radical (unpaired) electrons. The van der Waals surface area contributed by atoms with Gasteiger partial charge in [-0.3, -0.25) is 0 Å². The number of rotatable bonds is 5. The van der Waals surface area contributed by atoms with Gasteiger partial charge in [0, 0.05) is 19.2 Å². The van der Waals surface area contributed by atoms with Crippen molar-refractivity contribution in [1.82, 2.24) is 4.90 Å². The Labute approximate surface area is 111 Å². The van der Waals surface area contributed by atoms with Gasteiger partial charge in [0.25, 0.3) is 0 Å². The quantitative estimate of drug-likeness (QED) is 0.755. The minimum absolute atomic E-state index is 0.440. The molecule has 2 rings (SSSR count). The number of hydrogen-bond donors (Lipinski definition) is 1. The highest BCUT2D eigenvalue weighted by Gasteiger charge is 2.28. The van der Waals surface area contributed by atoms with Gasteiger partial charge in [-0.1, -0.05) is 0 Å². The Balaban J connectivity index is 1.63. The van der Waals surface area contributed by atoms with Crippen LogP contribution in [0, 0.1) is 0 Å². The highest BCUT2D eigenvalue weighted by molar-refractivity contribution is 4.84. The van der Waals surface area contributed by atoms with Gasteiger partial charge < -0.3 is 20.1 Å². The predicted molar refractivity (Wildman–Crippen MR) is 72.7 cm³/mol. The third-order valence-corrected chi connectivity index (χ3v) is 4.38. The van der Waals surface area contributed by atoms with E-state index in [9.17, 15) is 0 Å². The third-order valence-electron chi connectivity index (χ3n) is 4.38. The van der Waals surface area contributed by atoms with E-state index in [0.29, 0.717) is 18.8 Å². The molecule has 0 aromatic rings. The maximum absolute atomic E-state index is 5.96. The molecule has 0 amide bonds. The molecular weight excluding hydrogens is 228 g/mol. The molecule has 18 heavy (non-hydrogen) atoms. The molecule has 2 N–H and O–H groups in total. The number of piperidine rings is 1. The first-order valence-corrected chi connectivity index (χ1v) is 7.39. The number of hydrogen-bond acceptors (Lipinski definition) is 4. The lowest BCUT2D eigenvalue weighted by Gasteiger charge is -2.40. The van der Waals surface area contributed by atoms with Crippen LogP contribution in [0.3, 0.4) is 0 Å². The molecule has 4 heteroatoms. The Bertz CT molecular complexity index is 222. The Morgan fingerprint density at radius 2 is 1.67 bits per heavy atom. The molecule has 0 aromatic heterocycles. The van der Waals surface area contributed by atoms with Crippen molar-refractivity contribution in [2.45, 2.75) is 56.7 Å². The van der Waals surface area contributed by atoms with Crippen molar-refractivity contribution in [2.75, 3.05) is 33.4 Å². The first-order chi connectivity index (χ1) is 8.79. The fourth-order valence-corrected chi connectivity index (χ4v) is 3.16. The smallest absolute Gasteiger partial charge is 0.0704 e. The van der Waals surface area contributed by atoms with E-state index in [1.54, 1.807) is 7.11 Å². The van der Waals surface area contributed by atoms with Gasteiger partial charge in [0.05, 0.1) is 19.3 Å². The average Bonchev–Trinajstić information content (AvgIpc) is 2.41. The maximum Gasteiger partial charge on any atom is 0.0704 e. The van der Waals surface area contributed by atoms with E-state index in [0.717, 1.165) is 12.6 Å². The lowest BCUT2D eigenvalue weighted by Crippen LogP contribution is -2.46. The Morgan fingerprint density at radius 3 is 2.28 bits per heavy atom. The average molecular weight is 256 g/mol. The fourth-order valence-electron chi connectivity index (χ4n) is 3.16. The molecule has 1 aliphatic heterocycles. The fraction of sp³-hybridized carbons (Fsp3) is 1.00. The molecule has 0 atom stereocenters. The topological polar surface area (TPSA) is 47.7 Å². The number of likely N-dealkylation sites (tertiary alicyclic amines) is 1. The lowest BCUT2D eigenvalue weighted by molar-refractivity contribution is -0.0164. The van der Waals surface area contributed by atoms with Crippen LogP contribution in [-0.4, -0.2) is 56.5 Å². The van der Waals surface area contributed by atoms with E-state index in [4.69, 9.17) is 15.2 Å².